The molecular weight excluding hydrogens is 444 g/mol. The zero-order valence-electron chi connectivity index (χ0n) is 18.6. The molecule has 8 nitrogen and oxygen atoms in total. The molecular formula is C24H27F2N5O3. The Bertz CT molecular complexity index is 1150. The van der Waals surface area contributed by atoms with Crippen LogP contribution in [0.15, 0.2) is 36.4 Å². The number of aliphatic hydroxyl groups excluding tert-OH is 1. The second-order valence-electron chi connectivity index (χ2n) is 8.14. The predicted octanol–water partition coefficient (Wildman–Crippen LogP) is 3.22. The van der Waals surface area contributed by atoms with Gasteiger partial charge in [-0.15, -0.1) is 0 Å². The van der Waals surface area contributed by atoms with Crippen molar-refractivity contribution in [1.29, 1.82) is 0 Å². The molecule has 2 heterocycles. The highest BCUT2D eigenvalue weighted by molar-refractivity contribution is 5.90. The highest BCUT2D eigenvalue weighted by Crippen LogP contribution is 2.27. The van der Waals surface area contributed by atoms with Crippen molar-refractivity contribution in [3.05, 3.63) is 53.6 Å². The number of nitrogens with zero attached hydrogens (tertiary/aromatic N) is 2. The van der Waals surface area contributed by atoms with Crippen LogP contribution in [0.1, 0.15) is 24.8 Å². The molecule has 4 rings (SSSR count). The quantitative estimate of drug-likeness (QED) is 0.360. The molecule has 1 amide bonds. The molecule has 1 unspecified atom stereocenters. The maximum absolute atomic E-state index is 14.6. The first-order valence-electron chi connectivity index (χ1n) is 11.3. The summed E-state index contributed by atoms with van der Waals surface area (Å²) >= 11 is 0. The Morgan fingerprint density at radius 1 is 1.18 bits per heavy atom. The number of ether oxygens (including phenoxy) is 1. The number of piperidine rings is 1. The van der Waals surface area contributed by atoms with Crippen molar-refractivity contribution in [2.75, 3.05) is 36.9 Å². The number of benzene rings is 2. The van der Waals surface area contributed by atoms with Crippen LogP contribution >= 0.6 is 0 Å². The number of nitrogens with one attached hydrogen (secondary N) is 3. The van der Waals surface area contributed by atoms with E-state index in [0.717, 1.165) is 24.5 Å². The van der Waals surface area contributed by atoms with Crippen LogP contribution in [0.2, 0.25) is 0 Å². The minimum Gasteiger partial charge on any atom is -0.491 e. The number of halogens is 2. The van der Waals surface area contributed by atoms with E-state index in [9.17, 15) is 13.6 Å². The SMILES string of the molecule is O=C1CCC(CCNc2nc(NCc3ccccc3OCCO)nc3c(F)cc(F)cc23)CN1. The average Bonchev–Trinajstić information content (AvgIpc) is 2.83. The van der Waals surface area contributed by atoms with Gasteiger partial charge < -0.3 is 25.8 Å². The van der Waals surface area contributed by atoms with E-state index in [4.69, 9.17) is 9.84 Å². The molecule has 1 atom stereocenters. The summed E-state index contributed by atoms with van der Waals surface area (Å²) in [5.74, 6) is 0.0391. The maximum Gasteiger partial charge on any atom is 0.225 e. The number of anilines is 2. The summed E-state index contributed by atoms with van der Waals surface area (Å²) < 4.78 is 34.0. The zero-order valence-corrected chi connectivity index (χ0v) is 18.6. The van der Waals surface area contributed by atoms with E-state index < -0.39 is 11.6 Å². The van der Waals surface area contributed by atoms with Gasteiger partial charge in [0.1, 0.15) is 29.5 Å². The van der Waals surface area contributed by atoms with Crippen molar-refractivity contribution in [3.63, 3.8) is 0 Å². The first-order chi connectivity index (χ1) is 16.5. The van der Waals surface area contributed by atoms with E-state index in [1.165, 1.54) is 6.07 Å². The number of carbonyl (C=O) groups excluding carboxylic acids is 1. The molecule has 0 spiro atoms. The number of para-hydroxylation sites is 1. The number of carbonyl (C=O) groups is 1. The molecule has 180 valence electrons. The third kappa shape index (κ3) is 5.88. The second-order valence-corrected chi connectivity index (χ2v) is 8.14. The summed E-state index contributed by atoms with van der Waals surface area (Å²) in [4.78, 5) is 20.1. The van der Waals surface area contributed by atoms with Crippen molar-refractivity contribution in [3.8, 4) is 5.75 Å². The van der Waals surface area contributed by atoms with Gasteiger partial charge in [-0.25, -0.2) is 13.8 Å². The van der Waals surface area contributed by atoms with E-state index in [-0.39, 0.29) is 36.0 Å². The molecule has 10 heteroatoms. The maximum atomic E-state index is 14.6. The third-order valence-corrected chi connectivity index (χ3v) is 5.69. The molecule has 1 fully saturated rings. The minimum absolute atomic E-state index is 0.0103. The molecule has 1 aliphatic rings. The Morgan fingerprint density at radius 2 is 2.03 bits per heavy atom. The summed E-state index contributed by atoms with van der Waals surface area (Å²) in [7, 11) is 0. The number of hydrogen-bond donors (Lipinski definition) is 4. The zero-order chi connectivity index (χ0) is 23.9. The lowest BCUT2D eigenvalue weighted by atomic mass is 9.96. The van der Waals surface area contributed by atoms with Gasteiger partial charge in [-0.1, -0.05) is 18.2 Å². The molecule has 1 saturated heterocycles. The molecule has 34 heavy (non-hydrogen) atoms. The standard InChI is InChI=1S/C24H27F2N5O3/c25-17-11-18-22(19(26)12-17)30-24(29-14-16-3-1-2-4-20(16)34-10-9-32)31-23(18)27-8-7-15-5-6-21(33)28-13-15/h1-4,11-12,15,32H,5-10,13-14H2,(H,28,33)(H2,27,29,30,31). The van der Waals surface area contributed by atoms with E-state index in [1.807, 2.05) is 18.2 Å². The fraction of sp³-hybridized carbons (Fsp3) is 0.375. The van der Waals surface area contributed by atoms with E-state index in [0.29, 0.717) is 43.5 Å². The normalized spacial score (nSPS) is 15.7. The van der Waals surface area contributed by atoms with Gasteiger partial charge in [0, 0.05) is 43.1 Å². The van der Waals surface area contributed by atoms with Crippen molar-refractivity contribution < 1.29 is 23.4 Å². The summed E-state index contributed by atoms with van der Waals surface area (Å²) in [6, 6.07) is 9.34. The molecule has 1 aromatic heterocycles. The lowest BCUT2D eigenvalue weighted by Crippen LogP contribution is -2.35. The van der Waals surface area contributed by atoms with Crippen molar-refractivity contribution >= 4 is 28.6 Å². The van der Waals surface area contributed by atoms with Gasteiger partial charge >= 0.3 is 0 Å². The fourth-order valence-electron chi connectivity index (χ4n) is 3.92. The number of aliphatic hydroxyl groups is 1. The van der Waals surface area contributed by atoms with Crippen molar-refractivity contribution in [1.82, 2.24) is 15.3 Å². The van der Waals surface area contributed by atoms with Gasteiger partial charge in [-0.3, -0.25) is 4.79 Å². The number of hydrogen-bond acceptors (Lipinski definition) is 7. The summed E-state index contributed by atoms with van der Waals surface area (Å²) in [6.07, 6.45) is 2.10. The van der Waals surface area contributed by atoms with Gasteiger partial charge in [0.15, 0.2) is 5.82 Å². The van der Waals surface area contributed by atoms with Crippen molar-refractivity contribution in [2.24, 2.45) is 5.92 Å². The first-order valence-corrected chi connectivity index (χ1v) is 11.3. The highest BCUT2D eigenvalue weighted by Gasteiger charge is 2.18. The van der Waals surface area contributed by atoms with E-state index >= 15 is 0 Å². The molecule has 3 aromatic rings. The lowest BCUT2D eigenvalue weighted by molar-refractivity contribution is -0.122. The monoisotopic (exact) mass is 471 g/mol. The largest absolute Gasteiger partial charge is 0.491 e. The second kappa shape index (κ2) is 11.1. The summed E-state index contributed by atoms with van der Waals surface area (Å²) in [6.45, 7) is 1.52. The summed E-state index contributed by atoms with van der Waals surface area (Å²) in [5.41, 5.74) is 0.823. The van der Waals surface area contributed by atoms with Gasteiger partial charge in [-0.05, 0) is 30.9 Å². The molecule has 0 saturated carbocycles. The van der Waals surface area contributed by atoms with E-state index in [1.54, 1.807) is 6.07 Å². The first kappa shape index (κ1) is 23.6. The van der Waals surface area contributed by atoms with Crippen LogP contribution in [0.4, 0.5) is 20.5 Å². The molecule has 0 aliphatic carbocycles. The average molecular weight is 472 g/mol. The highest BCUT2D eigenvalue weighted by atomic mass is 19.1. The van der Waals surface area contributed by atoms with Crippen LogP contribution in [0.3, 0.4) is 0 Å². The smallest absolute Gasteiger partial charge is 0.225 e. The topological polar surface area (TPSA) is 108 Å². The lowest BCUT2D eigenvalue weighted by Gasteiger charge is -2.22. The molecule has 2 aromatic carbocycles. The number of amides is 1. The Morgan fingerprint density at radius 3 is 2.82 bits per heavy atom. The molecule has 4 N–H and O–H groups in total. The predicted molar refractivity (Wildman–Crippen MR) is 125 cm³/mol. The summed E-state index contributed by atoms with van der Waals surface area (Å²) in [5, 5.41) is 18.4. The van der Waals surface area contributed by atoms with E-state index in [2.05, 4.69) is 25.9 Å². The molecule has 0 radical (unpaired) electrons. The van der Waals surface area contributed by atoms with Crippen LogP contribution in [0, 0.1) is 17.6 Å². The van der Waals surface area contributed by atoms with Crippen molar-refractivity contribution in [2.45, 2.75) is 25.8 Å². The van der Waals surface area contributed by atoms with Crippen LogP contribution in [0.25, 0.3) is 10.9 Å². The number of rotatable bonds is 10. The van der Waals surface area contributed by atoms with Gasteiger partial charge in [0.2, 0.25) is 11.9 Å². The Balaban J connectivity index is 1.52. The molecule has 1 aliphatic heterocycles. The van der Waals surface area contributed by atoms with Crippen LogP contribution < -0.4 is 20.7 Å². The van der Waals surface area contributed by atoms with Crippen LogP contribution in [0.5, 0.6) is 5.75 Å². The van der Waals surface area contributed by atoms with Gasteiger partial charge in [0.25, 0.3) is 0 Å². The fourth-order valence-corrected chi connectivity index (χ4v) is 3.92. The Hall–Kier alpha value is -3.53. The Labute approximate surface area is 195 Å². The van der Waals surface area contributed by atoms with Crippen LogP contribution in [-0.4, -0.2) is 47.3 Å². The van der Waals surface area contributed by atoms with Gasteiger partial charge in [-0.2, -0.15) is 4.98 Å². The third-order valence-electron chi connectivity index (χ3n) is 5.69. The number of aromatic nitrogens is 2. The molecule has 0 bridgehead atoms. The van der Waals surface area contributed by atoms with Crippen LogP contribution in [-0.2, 0) is 11.3 Å². The number of fused-ring (bicyclic) bond motifs is 1. The van der Waals surface area contributed by atoms with Gasteiger partial charge in [0.05, 0.1) is 6.61 Å². The Kier molecular flexibility index (Phi) is 7.69. The minimum atomic E-state index is -0.773.